The molecule has 0 bridgehead atoms. The summed E-state index contributed by atoms with van der Waals surface area (Å²) >= 11 is 0. The van der Waals surface area contributed by atoms with Crippen molar-refractivity contribution in [2.45, 2.75) is 13.0 Å². The van der Waals surface area contributed by atoms with Crippen molar-refractivity contribution in [3.05, 3.63) is 154 Å². The first-order valence-electron chi connectivity index (χ1n) is 13.1. The number of imide groups is 1. The summed E-state index contributed by atoms with van der Waals surface area (Å²) in [5.41, 5.74) is 5.11. The normalized spacial score (nSPS) is 13.0. The molecule has 0 spiro atoms. The molecule has 5 rings (SSSR count). The van der Waals surface area contributed by atoms with Gasteiger partial charge >= 0.3 is 5.97 Å². The summed E-state index contributed by atoms with van der Waals surface area (Å²) in [5, 5.41) is 9.11. The van der Waals surface area contributed by atoms with Crippen LogP contribution in [0, 0.1) is 0 Å². The summed E-state index contributed by atoms with van der Waals surface area (Å²) in [7, 11) is 0. The summed E-state index contributed by atoms with van der Waals surface area (Å²) in [5.74, 6) is -1.03. The molecule has 0 atom stereocenters. The van der Waals surface area contributed by atoms with Crippen LogP contribution >= 0.6 is 0 Å². The molecule has 0 radical (unpaired) electrons. The van der Waals surface area contributed by atoms with Crippen LogP contribution in [0.25, 0.3) is 18.2 Å². The highest BCUT2D eigenvalue weighted by Gasteiger charge is 2.33. The molecule has 1 N–H and O–H groups in total. The zero-order valence-electron chi connectivity index (χ0n) is 22.1. The molecule has 4 aromatic rings. The number of para-hydroxylation sites is 1. The van der Waals surface area contributed by atoms with E-state index in [-0.39, 0.29) is 11.8 Å². The maximum atomic E-state index is 12.7. The summed E-state index contributed by atoms with van der Waals surface area (Å²) < 4.78 is 6.06. The minimum atomic E-state index is -1.05. The third-order valence-electron chi connectivity index (χ3n) is 6.50. The SMILES string of the molecule is O=C(O)/C=C/c1cc(C=CN2C(=O)c3ccccc3C2=O)cc(C/C=C/c2ccccc2OCc2ccccc2)c1. The molecule has 0 aliphatic carbocycles. The van der Waals surface area contributed by atoms with Crippen molar-refractivity contribution in [3.63, 3.8) is 0 Å². The molecule has 2 amide bonds. The van der Waals surface area contributed by atoms with E-state index in [2.05, 4.69) is 0 Å². The van der Waals surface area contributed by atoms with Crippen LogP contribution < -0.4 is 4.74 Å². The maximum absolute atomic E-state index is 12.7. The zero-order valence-corrected chi connectivity index (χ0v) is 22.1. The van der Waals surface area contributed by atoms with E-state index in [0.29, 0.717) is 29.7 Å². The van der Waals surface area contributed by atoms with Gasteiger partial charge < -0.3 is 9.84 Å². The van der Waals surface area contributed by atoms with Crippen molar-refractivity contribution in [1.82, 2.24) is 4.90 Å². The lowest BCUT2D eigenvalue weighted by Gasteiger charge is -2.09. The van der Waals surface area contributed by atoms with Gasteiger partial charge in [-0.1, -0.05) is 84.9 Å². The Balaban J connectivity index is 1.34. The highest BCUT2D eigenvalue weighted by Crippen LogP contribution is 2.24. The Morgan fingerprint density at radius 3 is 2.07 bits per heavy atom. The van der Waals surface area contributed by atoms with Gasteiger partial charge in [-0.25, -0.2) is 9.69 Å². The second-order valence-corrected chi connectivity index (χ2v) is 9.44. The second-order valence-electron chi connectivity index (χ2n) is 9.44. The fraction of sp³-hybridized carbons (Fsp3) is 0.0571. The fourth-order valence-corrected chi connectivity index (χ4v) is 4.53. The number of hydrogen-bond acceptors (Lipinski definition) is 4. The summed E-state index contributed by atoms with van der Waals surface area (Å²) in [6.45, 7) is 0.465. The van der Waals surface area contributed by atoms with Gasteiger partial charge in [-0.3, -0.25) is 9.59 Å². The Kier molecular flexibility index (Phi) is 8.31. The number of carbonyl (C=O) groups is 3. The summed E-state index contributed by atoms with van der Waals surface area (Å²) in [6, 6.07) is 30.1. The molecule has 0 aromatic heterocycles. The largest absolute Gasteiger partial charge is 0.488 e. The van der Waals surface area contributed by atoms with Crippen LogP contribution in [0.2, 0.25) is 0 Å². The number of allylic oxidation sites excluding steroid dienone is 1. The lowest BCUT2D eigenvalue weighted by molar-refractivity contribution is -0.131. The molecule has 4 aromatic carbocycles. The first-order valence-corrected chi connectivity index (χ1v) is 13.1. The van der Waals surface area contributed by atoms with E-state index >= 15 is 0 Å². The average molecular weight is 542 g/mol. The first-order chi connectivity index (χ1) is 20.0. The van der Waals surface area contributed by atoms with E-state index in [1.165, 1.54) is 12.3 Å². The Hall–Kier alpha value is -5.49. The number of nitrogens with zero attached hydrogens (tertiary/aromatic N) is 1. The number of fused-ring (bicyclic) bond motifs is 1. The van der Waals surface area contributed by atoms with Gasteiger partial charge in [0.2, 0.25) is 0 Å². The zero-order chi connectivity index (χ0) is 28.6. The van der Waals surface area contributed by atoms with Crippen LogP contribution in [0.4, 0.5) is 0 Å². The summed E-state index contributed by atoms with van der Waals surface area (Å²) in [4.78, 5) is 37.7. The molecule has 1 aliphatic rings. The highest BCUT2D eigenvalue weighted by atomic mass is 16.5. The number of carboxylic acids is 1. The monoisotopic (exact) mass is 541 g/mol. The van der Waals surface area contributed by atoms with Gasteiger partial charge in [0.1, 0.15) is 12.4 Å². The van der Waals surface area contributed by atoms with Crippen molar-refractivity contribution >= 4 is 36.0 Å². The van der Waals surface area contributed by atoms with E-state index < -0.39 is 5.97 Å². The molecule has 0 unspecified atom stereocenters. The lowest BCUT2D eigenvalue weighted by Crippen LogP contribution is -2.23. The first kappa shape index (κ1) is 27.1. The molecule has 0 saturated carbocycles. The molecular formula is C35H27NO5. The second kappa shape index (κ2) is 12.6. The van der Waals surface area contributed by atoms with Crippen LogP contribution in [-0.4, -0.2) is 27.8 Å². The van der Waals surface area contributed by atoms with Gasteiger partial charge in [0.25, 0.3) is 11.8 Å². The van der Waals surface area contributed by atoms with Gasteiger partial charge in [-0.05, 0) is 65.1 Å². The molecule has 6 nitrogen and oxygen atoms in total. The van der Waals surface area contributed by atoms with E-state index in [4.69, 9.17) is 9.84 Å². The molecular weight excluding hydrogens is 514 g/mol. The molecule has 41 heavy (non-hydrogen) atoms. The molecule has 1 heterocycles. The standard InChI is InChI=1S/C35H27NO5/c37-33(38)18-17-27-21-26(11-8-13-29-12-4-7-16-32(29)41-24-25-9-2-1-3-10-25)22-28(23-27)19-20-36-34(39)30-14-5-6-15-31(30)35(36)40/h1-10,12-23H,11,24H2,(H,37,38)/b13-8+,18-17+,20-19?. The number of ether oxygens (including phenoxy) is 1. The highest BCUT2D eigenvalue weighted by molar-refractivity contribution is 6.22. The molecule has 0 saturated heterocycles. The molecule has 1 aliphatic heterocycles. The van der Waals surface area contributed by atoms with Gasteiger partial charge in [-0.15, -0.1) is 0 Å². The molecule has 6 heteroatoms. The number of carbonyl (C=O) groups excluding carboxylic acids is 2. The minimum Gasteiger partial charge on any atom is -0.488 e. The van der Waals surface area contributed by atoms with Gasteiger partial charge in [-0.2, -0.15) is 0 Å². The van der Waals surface area contributed by atoms with Crippen molar-refractivity contribution in [3.8, 4) is 5.75 Å². The number of aliphatic carboxylic acids is 1. The van der Waals surface area contributed by atoms with E-state index in [9.17, 15) is 14.4 Å². The predicted molar refractivity (Wildman–Crippen MR) is 159 cm³/mol. The Labute approximate surface area is 238 Å². The lowest BCUT2D eigenvalue weighted by atomic mass is 10.0. The Morgan fingerprint density at radius 2 is 1.37 bits per heavy atom. The minimum absolute atomic E-state index is 0.374. The van der Waals surface area contributed by atoms with Crippen LogP contribution in [-0.2, 0) is 17.8 Å². The van der Waals surface area contributed by atoms with E-state index in [0.717, 1.165) is 39.0 Å². The summed E-state index contributed by atoms with van der Waals surface area (Å²) in [6.07, 6.45) is 10.3. The quantitative estimate of drug-likeness (QED) is 0.175. The van der Waals surface area contributed by atoms with Crippen molar-refractivity contribution < 1.29 is 24.2 Å². The Morgan fingerprint density at radius 1 is 0.732 bits per heavy atom. The molecule has 202 valence electrons. The van der Waals surface area contributed by atoms with Crippen molar-refractivity contribution in [2.75, 3.05) is 0 Å². The van der Waals surface area contributed by atoms with Crippen molar-refractivity contribution in [2.24, 2.45) is 0 Å². The number of benzene rings is 4. The number of carboxylic acid groups (broad SMARTS) is 1. The number of hydrogen-bond donors (Lipinski definition) is 1. The van der Waals surface area contributed by atoms with Crippen LogP contribution in [0.15, 0.2) is 115 Å². The number of amides is 2. The fourth-order valence-electron chi connectivity index (χ4n) is 4.53. The number of rotatable bonds is 10. The smallest absolute Gasteiger partial charge is 0.328 e. The van der Waals surface area contributed by atoms with Crippen LogP contribution in [0.1, 0.15) is 48.5 Å². The van der Waals surface area contributed by atoms with Crippen LogP contribution in [0.3, 0.4) is 0 Å². The van der Waals surface area contributed by atoms with Crippen molar-refractivity contribution in [1.29, 1.82) is 0 Å². The Bertz CT molecular complexity index is 1650. The van der Waals surface area contributed by atoms with Gasteiger partial charge in [0.05, 0.1) is 11.1 Å². The average Bonchev–Trinajstić information content (AvgIpc) is 3.23. The van der Waals surface area contributed by atoms with Gasteiger partial charge in [0, 0.05) is 17.8 Å². The maximum Gasteiger partial charge on any atom is 0.328 e. The predicted octanol–water partition coefficient (Wildman–Crippen LogP) is 6.89. The van der Waals surface area contributed by atoms with E-state index in [1.807, 2.05) is 78.9 Å². The van der Waals surface area contributed by atoms with E-state index in [1.54, 1.807) is 36.4 Å². The topological polar surface area (TPSA) is 83.9 Å². The third kappa shape index (κ3) is 6.75. The van der Waals surface area contributed by atoms with Crippen LogP contribution in [0.5, 0.6) is 5.75 Å². The third-order valence-corrected chi connectivity index (χ3v) is 6.50. The van der Waals surface area contributed by atoms with Gasteiger partial charge in [0.15, 0.2) is 0 Å². The molecule has 0 fully saturated rings.